The molecule has 1 aromatic carbocycles. The number of nitrogens with one attached hydrogen (secondary N) is 1. The maximum absolute atomic E-state index is 11.8. The highest BCUT2D eigenvalue weighted by atomic mass is 35.5. The smallest absolute Gasteiger partial charge is 0.251 e. The standard InChI is InChI=1S/C11H14Cl2N2O2/c1-6(2-3-16)15-11(17)7-4-8(12)10(13)9(14)5-7/h4-6,16H,2-3,14H2,1H3,(H,15,17). The van der Waals surface area contributed by atoms with Gasteiger partial charge in [0.15, 0.2) is 0 Å². The van der Waals surface area contributed by atoms with Crippen LogP contribution in [0.5, 0.6) is 0 Å². The fourth-order valence-corrected chi connectivity index (χ4v) is 1.65. The van der Waals surface area contributed by atoms with E-state index in [1.807, 2.05) is 0 Å². The number of nitrogens with two attached hydrogens (primary N) is 1. The lowest BCUT2D eigenvalue weighted by atomic mass is 10.1. The Bertz CT molecular complexity index is 401. The Morgan fingerprint density at radius 3 is 2.71 bits per heavy atom. The predicted molar refractivity (Wildman–Crippen MR) is 69.5 cm³/mol. The van der Waals surface area contributed by atoms with E-state index < -0.39 is 0 Å². The second kappa shape index (κ2) is 6.10. The first-order valence-electron chi connectivity index (χ1n) is 5.12. The van der Waals surface area contributed by atoms with Crippen molar-refractivity contribution in [3.63, 3.8) is 0 Å². The molecule has 1 aromatic rings. The Kier molecular flexibility index (Phi) is 5.05. The van der Waals surface area contributed by atoms with Gasteiger partial charge in [-0.3, -0.25) is 4.79 Å². The zero-order valence-corrected chi connectivity index (χ0v) is 10.8. The Balaban J connectivity index is 2.83. The summed E-state index contributed by atoms with van der Waals surface area (Å²) >= 11 is 11.6. The molecule has 1 unspecified atom stereocenters. The van der Waals surface area contributed by atoms with Crippen LogP contribution in [0.3, 0.4) is 0 Å². The fraction of sp³-hybridized carbons (Fsp3) is 0.364. The molecule has 4 N–H and O–H groups in total. The molecule has 1 atom stereocenters. The zero-order chi connectivity index (χ0) is 13.0. The molecule has 0 aliphatic rings. The summed E-state index contributed by atoms with van der Waals surface area (Å²) in [5.41, 5.74) is 6.22. The summed E-state index contributed by atoms with van der Waals surface area (Å²) in [5, 5.41) is 11.9. The van der Waals surface area contributed by atoms with Gasteiger partial charge in [0.05, 0.1) is 15.7 Å². The molecule has 4 nitrogen and oxygen atoms in total. The lowest BCUT2D eigenvalue weighted by Gasteiger charge is -2.13. The molecule has 0 spiro atoms. The number of carbonyl (C=O) groups is 1. The number of carbonyl (C=O) groups excluding carboxylic acids is 1. The Hall–Kier alpha value is -0.970. The van der Waals surface area contributed by atoms with Gasteiger partial charge in [0.2, 0.25) is 0 Å². The highest BCUT2D eigenvalue weighted by Crippen LogP contribution is 2.29. The number of aliphatic hydroxyl groups is 1. The molecular weight excluding hydrogens is 263 g/mol. The van der Waals surface area contributed by atoms with Crippen LogP contribution >= 0.6 is 23.2 Å². The maximum atomic E-state index is 11.8. The van der Waals surface area contributed by atoms with Crippen LogP contribution in [-0.2, 0) is 0 Å². The third-order valence-electron chi connectivity index (χ3n) is 2.26. The third kappa shape index (κ3) is 3.77. The minimum absolute atomic E-state index is 0.0188. The van der Waals surface area contributed by atoms with Crippen molar-refractivity contribution in [1.29, 1.82) is 0 Å². The van der Waals surface area contributed by atoms with Crippen molar-refractivity contribution < 1.29 is 9.90 Å². The van der Waals surface area contributed by atoms with Gasteiger partial charge in [0.25, 0.3) is 5.91 Å². The molecule has 6 heteroatoms. The van der Waals surface area contributed by atoms with Crippen LogP contribution in [0, 0.1) is 0 Å². The second-order valence-corrected chi connectivity index (χ2v) is 4.53. The number of halogens is 2. The quantitative estimate of drug-likeness (QED) is 0.737. The molecule has 0 radical (unpaired) electrons. The van der Waals surface area contributed by atoms with Crippen LogP contribution < -0.4 is 11.1 Å². The first-order chi connectivity index (χ1) is 7.95. The van der Waals surface area contributed by atoms with Crippen LogP contribution in [0.15, 0.2) is 12.1 Å². The molecule has 0 bridgehead atoms. The Labute approximate surface area is 110 Å². The van der Waals surface area contributed by atoms with E-state index in [1.165, 1.54) is 12.1 Å². The van der Waals surface area contributed by atoms with E-state index in [0.29, 0.717) is 12.0 Å². The van der Waals surface area contributed by atoms with Gasteiger partial charge in [-0.2, -0.15) is 0 Å². The summed E-state index contributed by atoms with van der Waals surface area (Å²) in [6.07, 6.45) is 0.489. The monoisotopic (exact) mass is 276 g/mol. The number of anilines is 1. The molecule has 0 aliphatic carbocycles. The molecule has 0 aromatic heterocycles. The molecule has 1 amide bonds. The summed E-state index contributed by atoms with van der Waals surface area (Å²) in [5.74, 6) is -0.295. The zero-order valence-electron chi connectivity index (χ0n) is 9.34. The summed E-state index contributed by atoms with van der Waals surface area (Å²) in [6, 6.07) is 2.80. The van der Waals surface area contributed by atoms with Gasteiger partial charge < -0.3 is 16.2 Å². The van der Waals surface area contributed by atoms with Gasteiger partial charge in [-0.05, 0) is 25.5 Å². The maximum Gasteiger partial charge on any atom is 0.251 e. The Morgan fingerprint density at radius 1 is 1.53 bits per heavy atom. The van der Waals surface area contributed by atoms with Crippen LogP contribution in [0.1, 0.15) is 23.7 Å². The molecule has 1 rings (SSSR count). The van der Waals surface area contributed by atoms with Crippen molar-refractivity contribution in [3.8, 4) is 0 Å². The van der Waals surface area contributed by atoms with Gasteiger partial charge in [-0.1, -0.05) is 23.2 Å². The molecule has 0 fully saturated rings. The van der Waals surface area contributed by atoms with E-state index in [-0.39, 0.29) is 34.3 Å². The van der Waals surface area contributed by atoms with E-state index in [1.54, 1.807) is 6.92 Å². The van der Waals surface area contributed by atoms with E-state index in [4.69, 9.17) is 34.0 Å². The largest absolute Gasteiger partial charge is 0.397 e. The Morgan fingerprint density at radius 2 is 2.18 bits per heavy atom. The molecular formula is C11H14Cl2N2O2. The summed E-state index contributed by atoms with van der Waals surface area (Å²) in [4.78, 5) is 11.8. The van der Waals surface area contributed by atoms with Crippen molar-refractivity contribution >= 4 is 34.8 Å². The number of amides is 1. The number of aliphatic hydroxyl groups excluding tert-OH is 1. The van der Waals surface area contributed by atoms with E-state index >= 15 is 0 Å². The summed E-state index contributed by atoms with van der Waals surface area (Å²) in [6.45, 7) is 1.82. The molecule has 17 heavy (non-hydrogen) atoms. The van der Waals surface area contributed by atoms with E-state index in [0.717, 1.165) is 0 Å². The lowest BCUT2D eigenvalue weighted by Crippen LogP contribution is -2.33. The third-order valence-corrected chi connectivity index (χ3v) is 3.07. The van der Waals surface area contributed by atoms with Gasteiger partial charge in [-0.15, -0.1) is 0 Å². The van der Waals surface area contributed by atoms with Crippen LogP contribution in [0.4, 0.5) is 5.69 Å². The molecule has 94 valence electrons. The number of hydrogen-bond donors (Lipinski definition) is 3. The van der Waals surface area contributed by atoms with E-state index in [9.17, 15) is 4.79 Å². The van der Waals surface area contributed by atoms with Gasteiger partial charge in [-0.25, -0.2) is 0 Å². The van der Waals surface area contributed by atoms with Crippen molar-refractivity contribution in [1.82, 2.24) is 5.32 Å². The van der Waals surface area contributed by atoms with Crippen molar-refractivity contribution in [2.75, 3.05) is 12.3 Å². The summed E-state index contributed by atoms with van der Waals surface area (Å²) < 4.78 is 0. The van der Waals surface area contributed by atoms with Gasteiger partial charge in [0, 0.05) is 18.2 Å². The lowest BCUT2D eigenvalue weighted by molar-refractivity contribution is 0.0934. The average Bonchev–Trinajstić information content (AvgIpc) is 2.25. The molecule has 0 saturated heterocycles. The van der Waals surface area contributed by atoms with Crippen molar-refractivity contribution in [2.45, 2.75) is 19.4 Å². The van der Waals surface area contributed by atoms with Crippen molar-refractivity contribution in [3.05, 3.63) is 27.7 Å². The SMILES string of the molecule is CC(CCO)NC(=O)c1cc(N)c(Cl)c(Cl)c1. The average molecular weight is 277 g/mol. The number of hydrogen-bond acceptors (Lipinski definition) is 3. The summed E-state index contributed by atoms with van der Waals surface area (Å²) in [7, 11) is 0. The molecule has 0 heterocycles. The molecule has 0 aliphatic heterocycles. The first kappa shape index (κ1) is 14.1. The van der Waals surface area contributed by atoms with Gasteiger partial charge >= 0.3 is 0 Å². The normalized spacial score (nSPS) is 12.2. The van der Waals surface area contributed by atoms with Crippen LogP contribution in [-0.4, -0.2) is 23.7 Å². The number of rotatable bonds is 4. The number of benzene rings is 1. The second-order valence-electron chi connectivity index (χ2n) is 3.75. The van der Waals surface area contributed by atoms with E-state index in [2.05, 4.69) is 5.32 Å². The highest BCUT2D eigenvalue weighted by Gasteiger charge is 2.13. The van der Waals surface area contributed by atoms with Crippen LogP contribution in [0.25, 0.3) is 0 Å². The van der Waals surface area contributed by atoms with Gasteiger partial charge in [0.1, 0.15) is 0 Å². The van der Waals surface area contributed by atoms with Crippen molar-refractivity contribution in [2.24, 2.45) is 0 Å². The minimum Gasteiger partial charge on any atom is -0.397 e. The first-order valence-corrected chi connectivity index (χ1v) is 5.87. The van der Waals surface area contributed by atoms with Crippen LogP contribution in [0.2, 0.25) is 10.0 Å². The minimum atomic E-state index is -0.295. The fourth-order valence-electron chi connectivity index (χ4n) is 1.31. The topological polar surface area (TPSA) is 75.3 Å². The molecule has 0 saturated carbocycles. The number of nitrogen functional groups attached to an aromatic ring is 1. The predicted octanol–water partition coefficient (Wildman–Crippen LogP) is 2.08. The highest BCUT2D eigenvalue weighted by molar-refractivity contribution is 6.43.